The van der Waals surface area contributed by atoms with E-state index in [1.54, 1.807) is 17.5 Å². The lowest BCUT2D eigenvalue weighted by Crippen LogP contribution is -2.11. The van der Waals surface area contributed by atoms with Crippen molar-refractivity contribution in [3.05, 3.63) is 75.7 Å². The van der Waals surface area contributed by atoms with Gasteiger partial charge in [0, 0.05) is 21.9 Å². The summed E-state index contributed by atoms with van der Waals surface area (Å²) in [6.45, 7) is 2.06. The van der Waals surface area contributed by atoms with Crippen molar-refractivity contribution in [1.29, 1.82) is 5.26 Å². The number of fused-ring (bicyclic) bond motifs is 1. The second-order valence-electron chi connectivity index (χ2n) is 7.93. The number of thiophene rings is 1. The fourth-order valence-corrected chi connectivity index (χ4v) is 5.61. The third-order valence-corrected chi connectivity index (χ3v) is 7.59. The number of carbonyl (C=O) groups excluding carboxylic acids is 1. The number of pyridine rings is 1. The van der Waals surface area contributed by atoms with Gasteiger partial charge in [0.15, 0.2) is 5.13 Å². The maximum Gasteiger partial charge on any atom is 0.269 e. The minimum atomic E-state index is -0.445. The molecule has 0 aliphatic rings. The number of anilines is 3. The highest BCUT2D eigenvalue weighted by Gasteiger charge is 2.25. The van der Waals surface area contributed by atoms with E-state index in [2.05, 4.69) is 28.3 Å². The van der Waals surface area contributed by atoms with Crippen molar-refractivity contribution >= 4 is 55.4 Å². The van der Waals surface area contributed by atoms with Crippen molar-refractivity contribution in [1.82, 2.24) is 9.97 Å². The van der Waals surface area contributed by atoms with Crippen molar-refractivity contribution in [2.24, 2.45) is 0 Å². The monoisotopic (exact) mass is 514 g/mol. The molecule has 3 heterocycles. The number of hydrogen-bond acceptors (Lipinski definition) is 8. The molecule has 0 fully saturated rings. The summed E-state index contributed by atoms with van der Waals surface area (Å²) in [5.74, 6) is -0.700. The van der Waals surface area contributed by atoms with Crippen molar-refractivity contribution < 1.29 is 9.18 Å². The van der Waals surface area contributed by atoms with E-state index in [0.717, 1.165) is 34.4 Å². The number of rotatable bonds is 5. The van der Waals surface area contributed by atoms with E-state index in [-0.39, 0.29) is 27.8 Å². The molecule has 36 heavy (non-hydrogen) atoms. The van der Waals surface area contributed by atoms with Crippen LogP contribution in [0.4, 0.5) is 21.0 Å². The van der Waals surface area contributed by atoms with Crippen LogP contribution in [0.5, 0.6) is 0 Å². The number of carbonyl (C=O) groups is 1. The quantitative estimate of drug-likeness (QED) is 0.261. The molecule has 3 aromatic heterocycles. The molecule has 1 amide bonds. The fraction of sp³-hybridized carbons (Fsp3) is 0.0769. The van der Waals surface area contributed by atoms with Gasteiger partial charge in [0.1, 0.15) is 33.0 Å². The predicted octanol–water partition coefficient (Wildman–Crippen LogP) is 6.08. The summed E-state index contributed by atoms with van der Waals surface area (Å²) in [5.41, 5.74) is 16.9. The Morgan fingerprint density at radius 3 is 2.44 bits per heavy atom. The van der Waals surface area contributed by atoms with Gasteiger partial charge < -0.3 is 11.5 Å². The Labute approximate surface area is 213 Å². The molecule has 0 atom stereocenters. The molecule has 5 rings (SSSR count). The number of amides is 1. The van der Waals surface area contributed by atoms with Crippen LogP contribution in [0.2, 0.25) is 0 Å². The SMILES string of the molecule is CCc1ccc(-c2c(C#N)c(N)nc3sc(C(=O)Nc4nc(-c5ccc(F)cc5)cs4)c(N)c23)cc1. The second-order valence-corrected chi connectivity index (χ2v) is 9.79. The van der Waals surface area contributed by atoms with Gasteiger partial charge in [-0.3, -0.25) is 10.1 Å². The van der Waals surface area contributed by atoms with Gasteiger partial charge in [-0.1, -0.05) is 31.2 Å². The first-order chi connectivity index (χ1) is 17.4. The molecule has 0 unspecified atom stereocenters. The maximum absolute atomic E-state index is 13.2. The summed E-state index contributed by atoms with van der Waals surface area (Å²) >= 11 is 2.35. The van der Waals surface area contributed by atoms with Crippen LogP contribution in [0.3, 0.4) is 0 Å². The highest BCUT2D eigenvalue weighted by atomic mass is 32.1. The Bertz CT molecular complexity index is 1650. The van der Waals surface area contributed by atoms with Crippen molar-refractivity contribution in [3.8, 4) is 28.5 Å². The second kappa shape index (κ2) is 9.37. The number of nitrogens with two attached hydrogens (primary N) is 2. The smallest absolute Gasteiger partial charge is 0.269 e. The van der Waals surface area contributed by atoms with Crippen LogP contribution in [0, 0.1) is 17.1 Å². The highest BCUT2D eigenvalue weighted by molar-refractivity contribution is 7.21. The molecule has 0 aliphatic heterocycles. The lowest BCUT2D eigenvalue weighted by atomic mass is 9.96. The van der Waals surface area contributed by atoms with E-state index in [4.69, 9.17) is 11.5 Å². The molecule has 0 aliphatic carbocycles. The Hall–Kier alpha value is -4.33. The molecule has 0 saturated carbocycles. The summed E-state index contributed by atoms with van der Waals surface area (Å²) < 4.78 is 13.2. The molecule has 5 aromatic rings. The minimum absolute atomic E-state index is 0.0802. The van der Waals surface area contributed by atoms with Gasteiger partial charge in [0.25, 0.3) is 5.91 Å². The van der Waals surface area contributed by atoms with E-state index in [1.807, 2.05) is 24.3 Å². The van der Waals surface area contributed by atoms with Gasteiger partial charge in [-0.05, 0) is 41.8 Å². The molecule has 0 bridgehead atoms. The average Bonchev–Trinajstić information content (AvgIpc) is 3.48. The van der Waals surface area contributed by atoms with E-state index in [9.17, 15) is 14.4 Å². The molecular formula is C26H19FN6OS2. The largest absolute Gasteiger partial charge is 0.397 e. The Balaban J connectivity index is 1.54. The fourth-order valence-electron chi connectivity index (χ4n) is 3.89. The van der Waals surface area contributed by atoms with Gasteiger partial charge in [-0.15, -0.1) is 22.7 Å². The molecular weight excluding hydrogens is 495 g/mol. The first kappa shape index (κ1) is 23.4. The van der Waals surface area contributed by atoms with Gasteiger partial charge in [-0.2, -0.15) is 5.26 Å². The average molecular weight is 515 g/mol. The Morgan fingerprint density at radius 1 is 1.08 bits per heavy atom. The topological polar surface area (TPSA) is 131 Å². The molecule has 2 aromatic carbocycles. The number of nitriles is 1. The zero-order valence-electron chi connectivity index (χ0n) is 19.0. The number of halogens is 1. The molecule has 7 nitrogen and oxygen atoms in total. The standard InChI is InChI=1S/C26H19FN6OS2/c1-2-13-3-5-15(6-4-13)19-17(11-28)23(30)32-25-20(19)21(29)22(36-25)24(34)33-26-31-18(12-35-26)14-7-9-16(27)10-8-14/h3-10,12H,2,29H2,1H3,(H2,30,32)(H,31,33,34). The number of thiazole rings is 1. The van der Waals surface area contributed by atoms with Gasteiger partial charge in [0.2, 0.25) is 0 Å². The maximum atomic E-state index is 13.2. The van der Waals surface area contributed by atoms with E-state index in [0.29, 0.717) is 26.6 Å². The van der Waals surface area contributed by atoms with Gasteiger partial charge in [0.05, 0.1) is 11.4 Å². The van der Waals surface area contributed by atoms with Gasteiger partial charge in [-0.25, -0.2) is 14.4 Å². The minimum Gasteiger partial charge on any atom is -0.397 e. The first-order valence-electron chi connectivity index (χ1n) is 10.9. The normalized spacial score (nSPS) is 10.9. The number of aryl methyl sites for hydroxylation is 1. The number of aromatic nitrogens is 2. The Kier molecular flexibility index (Phi) is 6.10. The highest BCUT2D eigenvalue weighted by Crippen LogP contribution is 2.43. The zero-order valence-corrected chi connectivity index (χ0v) is 20.6. The number of nitrogen functional groups attached to an aromatic ring is 2. The predicted molar refractivity (Wildman–Crippen MR) is 143 cm³/mol. The molecule has 178 valence electrons. The van der Waals surface area contributed by atoms with E-state index >= 15 is 0 Å². The molecule has 0 spiro atoms. The number of nitrogens with zero attached hydrogens (tertiary/aromatic N) is 3. The van der Waals surface area contributed by atoms with Crippen LogP contribution in [0.25, 0.3) is 32.6 Å². The molecule has 0 radical (unpaired) electrons. The van der Waals surface area contributed by atoms with Crippen LogP contribution >= 0.6 is 22.7 Å². The molecule has 10 heteroatoms. The lowest BCUT2D eigenvalue weighted by Gasteiger charge is -2.10. The third kappa shape index (κ3) is 4.15. The Morgan fingerprint density at radius 2 is 1.78 bits per heavy atom. The lowest BCUT2D eigenvalue weighted by molar-refractivity contribution is 0.103. The van der Waals surface area contributed by atoms with Crippen molar-refractivity contribution in [3.63, 3.8) is 0 Å². The van der Waals surface area contributed by atoms with Crippen LogP contribution in [0.15, 0.2) is 53.9 Å². The molecule has 5 N–H and O–H groups in total. The summed E-state index contributed by atoms with van der Waals surface area (Å²) in [6.07, 6.45) is 0.879. The van der Waals surface area contributed by atoms with Crippen molar-refractivity contribution in [2.75, 3.05) is 16.8 Å². The van der Waals surface area contributed by atoms with Crippen LogP contribution in [0.1, 0.15) is 27.7 Å². The third-order valence-electron chi connectivity index (χ3n) is 5.74. The van der Waals surface area contributed by atoms with E-state index in [1.165, 1.54) is 23.5 Å². The summed E-state index contributed by atoms with van der Waals surface area (Å²) in [7, 11) is 0. The van der Waals surface area contributed by atoms with Crippen LogP contribution in [-0.4, -0.2) is 15.9 Å². The van der Waals surface area contributed by atoms with Gasteiger partial charge >= 0.3 is 0 Å². The summed E-state index contributed by atoms with van der Waals surface area (Å²) in [5, 5.41) is 15.3. The number of benzene rings is 2. The van der Waals surface area contributed by atoms with Crippen molar-refractivity contribution in [2.45, 2.75) is 13.3 Å². The number of hydrogen-bond donors (Lipinski definition) is 3. The first-order valence-corrected chi connectivity index (χ1v) is 12.6. The van der Waals surface area contributed by atoms with E-state index < -0.39 is 5.91 Å². The summed E-state index contributed by atoms with van der Waals surface area (Å²) in [6, 6.07) is 15.9. The van der Waals surface area contributed by atoms with Crippen LogP contribution in [-0.2, 0) is 6.42 Å². The van der Waals surface area contributed by atoms with Crippen LogP contribution < -0.4 is 16.8 Å². The summed E-state index contributed by atoms with van der Waals surface area (Å²) in [4.78, 5) is 22.7. The zero-order chi connectivity index (χ0) is 25.4. The number of nitrogens with one attached hydrogen (secondary N) is 1. The molecule has 0 saturated heterocycles.